The summed E-state index contributed by atoms with van der Waals surface area (Å²) in [5.74, 6) is -0.574. The minimum atomic E-state index is -0.605. The van der Waals surface area contributed by atoms with Gasteiger partial charge in [-0.2, -0.15) is 0 Å². The molecule has 1 N–H and O–H groups in total. The van der Waals surface area contributed by atoms with Crippen molar-refractivity contribution in [2.45, 2.75) is 31.9 Å². The van der Waals surface area contributed by atoms with Crippen molar-refractivity contribution < 1.29 is 24.2 Å². The molecule has 6 nitrogen and oxygen atoms in total. The van der Waals surface area contributed by atoms with Crippen molar-refractivity contribution in [3.63, 3.8) is 0 Å². The smallest absolute Gasteiger partial charge is 0.337 e. The average Bonchev–Trinajstić information content (AvgIpc) is 2.76. The summed E-state index contributed by atoms with van der Waals surface area (Å²) in [5, 5.41) is 10.6. The van der Waals surface area contributed by atoms with Crippen molar-refractivity contribution in [1.29, 1.82) is 0 Å². The van der Waals surface area contributed by atoms with E-state index in [1.807, 2.05) is 42.5 Å². The SMILES string of the molecule is COC(=O)CCCCN(Cc1ccc(C(=O)OC)cc1)CC(O)c1ccccc1. The van der Waals surface area contributed by atoms with Crippen molar-refractivity contribution in [2.24, 2.45) is 0 Å². The van der Waals surface area contributed by atoms with Crippen molar-refractivity contribution >= 4 is 11.9 Å². The lowest BCUT2D eigenvalue weighted by Crippen LogP contribution is -2.29. The Hall–Kier alpha value is -2.70. The van der Waals surface area contributed by atoms with E-state index in [0.717, 1.165) is 30.5 Å². The number of hydrogen-bond donors (Lipinski definition) is 1. The fourth-order valence-electron chi connectivity index (χ4n) is 3.09. The van der Waals surface area contributed by atoms with Gasteiger partial charge in [-0.25, -0.2) is 4.79 Å². The number of carbonyl (C=O) groups excluding carboxylic acids is 2. The van der Waals surface area contributed by atoms with Gasteiger partial charge in [-0.3, -0.25) is 9.69 Å². The van der Waals surface area contributed by atoms with Crippen LogP contribution in [0.5, 0.6) is 0 Å². The topological polar surface area (TPSA) is 76.1 Å². The second-order valence-electron chi connectivity index (χ2n) is 6.88. The zero-order valence-electron chi connectivity index (χ0n) is 17.0. The molecule has 1 unspecified atom stereocenters. The molecule has 2 aromatic carbocycles. The van der Waals surface area contributed by atoms with Crippen LogP contribution in [0.15, 0.2) is 54.6 Å². The predicted molar refractivity (Wildman–Crippen MR) is 110 cm³/mol. The maximum absolute atomic E-state index is 11.6. The van der Waals surface area contributed by atoms with E-state index < -0.39 is 6.10 Å². The third-order valence-electron chi connectivity index (χ3n) is 4.73. The molecule has 29 heavy (non-hydrogen) atoms. The molecule has 0 saturated heterocycles. The van der Waals surface area contributed by atoms with Gasteiger partial charge in [0, 0.05) is 19.5 Å². The van der Waals surface area contributed by atoms with E-state index in [2.05, 4.69) is 9.64 Å². The highest BCUT2D eigenvalue weighted by Gasteiger charge is 2.15. The molecule has 0 amide bonds. The fourth-order valence-corrected chi connectivity index (χ4v) is 3.09. The Morgan fingerprint density at radius 2 is 1.66 bits per heavy atom. The van der Waals surface area contributed by atoms with Gasteiger partial charge in [0.05, 0.1) is 25.9 Å². The summed E-state index contributed by atoms with van der Waals surface area (Å²) >= 11 is 0. The van der Waals surface area contributed by atoms with Crippen molar-refractivity contribution in [2.75, 3.05) is 27.3 Å². The number of esters is 2. The van der Waals surface area contributed by atoms with Crippen LogP contribution in [0.4, 0.5) is 0 Å². The highest BCUT2D eigenvalue weighted by atomic mass is 16.5. The Kier molecular flexibility index (Phi) is 9.34. The van der Waals surface area contributed by atoms with Crippen LogP contribution < -0.4 is 0 Å². The lowest BCUT2D eigenvalue weighted by atomic mass is 10.1. The molecule has 0 fully saturated rings. The van der Waals surface area contributed by atoms with Crippen LogP contribution in [-0.2, 0) is 20.8 Å². The molecule has 0 saturated carbocycles. The van der Waals surface area contributed by atoms with E-state index in [1.54, 1.807) is 12.1 Å². The maximum atomic E-state index is 11.6. The standard InChI is InChI=1S/C23H29NO5/c1-28-22(26)10-6-7-15-24(17-21(25)19-8-4-3-5-9-19)16-18-11-13-20(14-12-18)23(27)29-2/h3-5,8-9,11-14,21,25H,6-7,10,15-17H2,1-2H3. The summed E-state index contributed by atoms with van der Waals surface area (Å²) < 4.78 is 9.42. The Balaban J connectivity index is 2.00. The molecule has 6 heteroatoms. The molecule has 0 spiro atoms. The summed E-state index contributed by atoms with van der Waals surface area (Å²) in [7, 11) is 2.75. The van der Waals surface area contributed by atoms with Gasteiger partial charge in [-0.1, -0.05) is 42.5 Å². The van der Waals surface area contributed by atoms with Crippen LogP contribution >= 0.6 is 0 Å². The minimum absolute atomic E-state index is 0.209. The van der Waals surface area contributed by atoms with Crippen molar-refractivity contribution in [3.8, 4) is 0 Å². The average molecular weight is 399 g/mol. The van der Waals surface area contributed by atoms with E-state index in [9.17, 15) is 14.7 Å². The second-order valence-corrected chi connectivity index (χ2v) is 6.88. The predicted octanol–water partition coefficient (Wildman–Crippen LogP) is 3.35. The van der Waals surface area contributed by atoms with E-state index in [0.29, 0.717) is 25.1 Å². The van der Waals surface area contributed by atoms with Gasteiger partial charge >= 0.3 is 11.9 Å². The summed E-state index contributed by atoms with van der Waals surface area (Å²) in [6.45, 7) is 1.84. The van der Waals surface area contributed by atoms with Crippen molar-refractivity contribution in [1.82, 2.24) is 4.90 Å². The van der Waals surface area contributed by atoms with E-state index in [-0.39, 0.29) is 11.9 Å². The Bertz CT molecular complexity index is 761. The second kappa shape index (κ2) is 12.0. The van der Waals surface area contributed by atoms with Gasteiger partial charge in [-0.05, 0) is 42.6 Å². The molecule has 0 heterocycles. The molecule has 2 aromatic rings. The Morgan fingerprint density at radius 1 is 0.966 bits per heavy atom. The number of aliphatic hydroxyl groups is 1. The summed E-state index contributed by atoms with van der Waals surface area (Å²) in [6.07, 6.45) is 1.33. The first-order valence-corrected chi connectivity index (χ1v) is 9.73. The van der Waals surface area contributed by atoms with E-state index in [4.69, 9.17) is 4.74 Å². The number of benzene rings is 2. The quantitative estimate of drug-likeness (QED) is 0.461. The van der Waals surface area contributed by atoms with Crippen molar-refractivity contribution in [3.05, 3.63) is 71.3 Å². The number of rotatable bonds is 11. The normalized spacial score (nSPS) is 11.9. The largest absolute Gasteiger partial charge is 0.469 e. The molecular weight excluding hydrogens is 370 g/mol. The molecule has 0 aliphatic heterocycles. The number of aliphatic hydroxyl groups excluding tert-OH is 1. The molecule has 0 bridgehead atoms. The molecule has 0 aliphatic rings. The van der Waals surface area contributed by atoms with Gasteiger partial charge < -0.3 is 14.6 Å². The number of carbonyl (C=O) groups is 2. The maximum Gasteiger partial charge on any atom is 0.337 e. The molecular formula is C23H29NO5. The lowest BCUT2D eigenvalue weighted by Gasteiger charge is -2.25. The van der Waals surface area contributed by atoms with Gasteiger partial charge in [0.1, 0.15) is 0 Å². The summed E-state index contributed by atoms with van der Waals surface area (Å²) in [5.41, 5.74) is 2.41. The Morgan fingerprint density at radius 3 is 2.28 bits per heavy atom. The first-order chi connectivity index (χ1) is 14.0. The zero-order chi connectivity index (χ0) is 21.1. The van der Waals surface area contributed by atoms with Crippen LogP contribution in [-0.4, -0.2) is 49.3 Å². The molecule has 0 radical (unpaired) electrons. The molecule has 0 aliphatic carbocycles. The number of methoxy groups -OCH3 is 2. The van der Waals surface area contributed by atoms with Crippen LogP contribution in [0.25, 0.3) is 0 Å². The lowest BCUT2D eigenvalue weighted by molar-refractivity contribution is -0.140. The number of nitrogens with zero attached hydrogens (tertiary/aromatic N) is 1. The van der Waals surface area contributed by atoms with Gasteiger partial charge in [0.25, 0.3) is 0 Å². The number of unbranched alkanes of at least 4 members (excludes halogenated alkanes) is 1. The first-order valence-electron chi connectivity index (χ1n) is 9.73. The first kappa shape index (κ1) is 22.6. The van der Waals surface area contributed by atoms with Gasteiger partial charge in [0.2, 0.25) is 0 Å². The number of hydrogen-bond acceptors (Lipinski definition) is 6. The Labute approximate surface area is 172 Å². The minimum Gasteiger partial charge on any atom is -0.469 e. The molecule has 156 valence electrons. The van der Waals surface area contributed by atoms with Crippen LogP contribution in [0.2, 0.25) is 0 Å². The van der Waals surface area contributed by atoms with Crippen LogP contribution in [0.3, 0.4) is 0 Å². The third kappa shape index (κ3) is 7.68. The highest BCUT2D eigenvalue weighted by Crippen LogP contribution is 2.17. The number of ether oxygens (including phenoxy) is 2. The summed E-state index contributed by atoms with van der Waals surface area (Å²) in [6, 6.07) is 16.8. The molecule has 0 aromatic heterocycles. The highest BCUT2D eigenvalue weighted by molar-refractivity contribution is 5.89. The van der Waals surface area contributed by atoms with Crippen LogP contribution in [0.1, 0.15) is 46.9 Å². The third-order valence-corrected chi connectivity index (χ3v) is 4.73. The van der Waals surface area contributed by atoms with Gasteiger partial charge in [-0.15, -0.1) is 0 Å². The zero-order valence-corrected chi connectivity index (χ0v) is 17.0. The monoisotopic (exact) mass is 399 g/mol. The van der Waals surface area contributed by atoms with Crippen LogP contribution in [0, 0.1) is 0 Å². The molecule has 1 atom stereocenters. The molecule has 2 rings (SSSR count). The van der Waals surface area contributed by atoms with Gasteiger partial charge in [0.15, 0.2) is 0 Å². The fraction of sp³-hybridized carbons (Fsp3) is 0.391. The van der Waals surface area contributed by atoms with E-state index in [1.165, 1.54) is 14.2 Å². The summed E-state index contributed by atoms with van der Waals surface area (Å²) in [4.78, 5) is 25.1. The van der Waals surface area contributed by atoms with E-state index >= 15 is 0 Å².